The van der Waals surface area contributed by atoms with Gasteiger partial charge in [-0.15, -0.1) is 0 Å². The molecule has 1 atom stereocenters. The minimum absolute atomic E-state index is 0.0333. The Bertz CT molecular complexity index is 202. The molecule has 1 aliphatic heterocycles. The van der Waals surface area contributed by atoms with Gasteiger partial charge in [0.1, 0.15) is 0 Å². The Kier molecular flexibility index (Phi) is 4.50. The maximum Gasteiger partial charge on any atom is 0.225 e. The lowest BCUT2D eigenvalue weighted by molar-refractivity contribution is -0.127. The molecule has 5 heteroatoms. The number of nitrogens with one attached hydrogen (secondary N) is 2. The molecule has 1 amide bonds. The van der Waals surface area contributed by atoms with Gasteiger partial charge in [0.25, 0.3) is 0 Å². The quantitative estimate of drug-likeness (QED) is 0.467. The number of aliphatic hydroxyl groups is 2. The highest BCUT2D eigenvalue weighted by Gasteiger charge is 2.32. The van der Waals surface area contributed by atoms with E-state index in [2.05, 4.69) is 10.6 Å². The fourth-order valence-electron chi connectivity index (χ4n) is 1.68. The summed E-state index contributed by atoms with van der Waals surface area (Å²) in [4.78, 5) is 11.8. The van der Waals surface area contributed by atoms with Crippen LogP contribution in [0, 0.1) is 5.92 Å². The summed E-state index contributed by atoms with van der Waals surface area (Å²) in [6.45, 7) is 2.91. The lowest BCUT2D eigenvalue weighted by Crippen LogP contribution is -2.55. The van der Waals surface area contributed by atoms with Crippen LogP contribution in [-0.2, 0) is 4.79 Å². The van der Waals surface area contributed by atoms with E-state index in [1.807, 2.05) is 6.92 Å². The zero-order valence-corrected chi connectivity index (χ0v) is 9.12. The monoisotopic (exact) mass is 216 g/mol. The average Bonchev–Trinajstić information content (AvgIpc) is 2.79. The number of aliphatic hydroxyl groups excluding tert-OH is 2. The van der Waals surface area contributed by atoms with E-state index in [0.717, 1.165) is 13.0 Å². The molecule has 0 spiro atoms. The van der Waals surface area contributed by atoms with Crippen molar-refractivity contribution in [3.8, 4) is 0 Å². The molecule has 0 aromatic carbocycles. The van der Waals surface area contributed by atoms with Crippen molar-refractivity contribution in [3.05, 3.63) is 0 Å². The molecule has 0 bridgehead atoms. The van der Waals surface area contributed by atoms with Crippen LogP contribution < -0.4 is 10.6 Å². The van der Waals surface area contributed by atoms with Crippen LogP contribution in [0.4, 0.5) is 0 Å². The molecule has 0 aromatic rings. The molecule has 15 heavy (non-hydrogen) atoms. The van der Waals surface area contributed by atoms with Crippen molar-refractivity contribution in [2.24, 2.45) is 5.92 Å². The number of hydrogen-bond donors (Lipinski definition) is 4. The molecule has 88 valence electrons. The summed E-state index contributed by atoms with van der Waals surface area (Å²) in [6, 6.07) is 0. The Morgan fingerprint density at radius 2 is 2.20 bits per heavy atom. The average molecular weight is 216 g/mol. The normalized spacial score (nSPS) is 21.7. The summed E-state index contributed by atoms with van der Waals surface area (Å²) in [7, 11) is 0. The molecule has 0 aromatic heterocycles. The molecular formula is C10H20N2O3. The van der Waals surface area contributed by atoms with Crippen molar-refractivity contribution in [3.63, 3.8) is 0 Å². The smallest absolute Gasteiger partial charge is 0.225 e. The number of carbonyl (C=O) groups excluding carboxylic acids is 1. The molecule has 1 aliphatic rings. The van der Waals surface area contributed by atoms with Gasteiger partial charge >= 0.3 is 0 Å². The lowest BCUT2D eigenvalue weighted by Gasteiger charge is -2.30. The van der Waals surface area contributed by atoms with Crippen LogP contribution in [0.15, 0.2) is 0 Å². The molecule has 1 heterocycles. The molecule has 1 rings (SSSR count). The molecule has 0 saturated carbocycles. The van der Waals surface area contributed by atoms with E-state index in [0.29, 0.717) is 13.0 Å². The zero-order valence-electron chi connectivity index (χ0n) is 9.12. The van der Waals surface area contributed by atoms with Crippen molar-refractivity contribution in [1.82, 2.24) is 10.6 Å². The maximum atomic E-state index is 11.8. The predicted octanol–water partition coefficient (Wildman–Crippen LogP) is -1.15. The summed E-state index contributed by atoms with van der Waals surface area (Å²) in [5.74, 6) is -0.112. The second-order valence-corrected chi connectivity index (χ2v) is 4.13. The molecule has 4 N–H and O–H groups in total. The van der Waals surface area contributed by atoms with Crippen LogP contribution in [0.25, 0.3) is 0 Å². The van der Waals surface area contributed by atoms with Gasteiger partial charge in [-0.1, -0.05) is 6.92 Å². The minimum atomic E-state index is -0.861. The highest BCUT2D eigenvalue weighted by atomic mass is 16.3. The molecular weight excluding hydrogens is 196 g/mol. The standard InChI is InChI=1S/C10H20N2O3/c1-2-10(6-13,7-14)12-9(15)8-3-4-11-5-8/h8,11,13-14H,2-7H2,1H3,(H,12,15). The van der Waals surface area contributed by atoms with Crippen LogP contribution in [0.5, 0.6) is 0 Å². The van der Waals surface area contributed by atoms with Gasteiger partial charge in [0.05, 0.1) is 24.7 Å². The first-order chi connectivity index (χ1) is 7.17. The van der Waals surface area contributed by atoms with Gasteiger partial charge in [-0.05, 0) is 19.4 Å². The van der Waals surface area contributed by atoms with Crippen LogP contribution in [0.2, 0.25) is 0 Å². The molecule has 1 saturated heterocycles. The van der Waals surface area contributed by atoms with Gasteiger partial charge in [-0.2, -0.15) is 0 Å². The third-order valence-corrected chi connectivity index (χ3v) is 3.10. The van der Waals surface area contributed by atoms with E-state index >= 15 is 0 Å². The van der Waals surface area contributed by atoms with E-state index in [-0.39, 0.29) is 25.0 Å². The van der Waals surface area contributed by atoms with Crippen molar-refractivity contribution in [1.29, 1.82) is 0 Å². The second kappa shape index (κ2) is 5.44. The zero-order chi connectivity index (χ0) is 11.3. The van der Waals surface area contributed by atoms with Crippen molar-refractivity contribution in [2.75, 3.05) is 26.3 Å². The van der Waals surface area contributed by atoms with Gasteiger partial charge < -0.3 is 20.8 Å². The first kappa shape index (κ1) is 12.4. The summed E-state index contributed by atoms with van der Waals surface area (Å²) in [5.41, 5.74) is -0.861. The highest BCUT2D eigenvalue weighted by molar-refractivity contribution is 5.80. The van der Waals surface area contributed by atoms with E-state index in [9.17, 15) is 15.0 Å². The van der Waals surface area contributed by atoms with E-state index in [4.69, 9.17) is 0 Å². The van der Waals surface area contributed by atoms with Gasteiger partial charge in [0, 0.05) is 6.54 Å². The summed E-state index contributed by atoms with van der Waals surface area (Å²) >= 11 is 0. The largest absolute Gasteiger partial charge is 0.394 e. The molecule has 1 unspecified atom stereocenters. The number of hydrogen-bond acceptors (Lipinski definition) is 4. The fourth-order valence-corrected chi connectivity index (χ4v) is 1.68. The van der Waals surface area contributed by atoms with Crippen LogP contribution in [0.1, 0.15) is 19.8 Å². The first-order valence-electron chi connectivity index (χ1n) is 5.42. The summed E-state index contributed by atoms with van der Waals surface area (Å²) in [5, 5.41) is 24.2. The Hall–Kier alpha value is -0.650. The van der Waals surface area contributed by atoms with Gasteiger partial charge in [-0.3, -0.25) is 4.79 Å². The maximum absolute atomic E-state index is 11.8. The fraction of sp³-hybridized carbons (Fsp3) is 0.900. The van der Waals surface area contributed by atoms with Gasteiger partial charge in [0.15, 0.2) is 0 Å². The minimum Gasteiger partial charge on any atom is -0.394 e. The first-order valence-corrected chi connectivity index (χ1v) is 5.42. The number of rotatable bonds is 5. The molecule has 0 radical (unpaired) electrons. The third kappa shape index (κ3) is 2.90. The van der Waals surface area contributed by atoms with E-state index in [1.54, 1.807) is 0 Å². The third-order valence-electron chi connectivity index (χ3n) is 3.10. The van der Waals surface area contributed by atoms with Crippen molar-refractivity contribution in [2.45, 2.75) is 25.3 Å². The van der Waals surface area contributed by atoms with Gasteiger partial charge in [-0.25, -0.2) is 0 Å². The van der Waals surface area contributed by atoms with Crippen LogP contribution in [0.3, 0.4) is 0 Å². The summed E-state index contributed by atoms with van der Waals surface area (Å²) < 4.78 is 0. The predicted molar refractivity (Wildman–Crippen MR) is 56.3 cm³/mol. The Balaban J connectivity index is 2.53. The molecule has 0 aliphatic carbocycles. The molecule has 5 nitrogen and oxygen atoms in total. The van der Waals surface area contributed by atoms with Crippen LogP contribution in [-0.4, -0.2) is 48.0 Å². The SMILES string of the molecule is CCC(CO)(CO)NC(=O)C1CCNC1. The topological polar surface area (TPSA) is 81.6 Å². The number of amides is 1. The Morgan fingerprint density at radius 1 is 1.53 bits per heavy atom. The van der Waals surface area contributed by atoms with Crippen molar-refractivity contribution < 1.29 is 15.0 Å². The Morgan fingerprint density at radius 3 is 2.60 bits per heavy atom. The lowest BCUT2D eigenvalue weighted by atomic mass is 9.96. The second-order valence-electron chi connectivity index (χ2n) is 4.13. The highest BCUT2D eigenvalue weighted by Crippen LogP contribution is 2.13. The van der Waals surface area contributed by atoms with Crippen molar-refractivity contribution >= 4 is 5.91 Å². The Labute approximate surface area is 89.9 Å². The molecule has 1 fully saturated rings. The van der Waals surface area contributed by atoms with E-state index in [1.165, 1.54) is 0 Å². The summed E-state index contributed by atoms with van der Waals surface area (Å²) in [6.07, 6.45) is 1.34. The van der Waals surface area contributed by atoms with Gasteiger partial charge in [0.2, 0.25) is 5.91 Å². The number of carbonyl (C=O) groups is 1. The van der Waals surface area contributed by atoms with E-state index < -0.39 is 5.54 Å². The van der Waals surface area contributed by atoms with Crippen LogP contribution >= 0.6 is 0 Å².